The molecule has 1 aromatic heterocycles. The molecule has 0 radical (unpaired) electrons. The number of aromatic nitrogens is 1. The number of nitrogens with zero attached hydrogens (tertiary/aromatic N) is 1. The Kier molecular flexibility index (Phi) is 9.36. The molecule has 0 spiro atoms. The molecule has 208 valence electrons. The van der Waals surface area contributed by atoms with Gasteiger partial charge in [0.2, 0.25) is 0 Å². The molecule has 1 heterocycles. The molecule has 0 fully saturated rings. The molecule has 0 saturated heterocycles. The number of rotatable bonds is 10. The number of methoxy groups -OCH3 is 2. The third-order valence-corrected chi connectivity index (χ3v) is 11.2. The minimum Gasteiger partial charge on any atom is -0.507 e. The lowest BCUT2D eigenvalue weighted by Gasteiger charge is -2.37. The summed E-state index contributed by atoms with van der Waals surface area (Å²) in [5.74, 6) is -0.926. The molecule has 0 aliphatic carbocycles. The van der Waals surface area contributed by atoms with Gasteiger partial charge in [0.1, 0.15) is 23.2 Å². The van der Waals surface area contributed by atoms with E-state index in [-0.39, 0.29) is 34.4 Å². The average Bonchev–Trinajstić information content (AvgIpc) is 3.39. The summed E-state index contributed by atoms with van der Waals surface area (Å²) >= 11 is 0. The van der Waals surface area contributed by atoms with Crippen LogP contribution in [0.15, 0.2) is 59.1 Å². The highest BCUT2D eigenvalue weighted by molar-refractivity contribution is 6.74. The van der Waals surface area contributed by atoms with Crippen LogP contribution in [0.2, 0.25) is 18.1 Å². The fourth-order valence-corrected chi connectivity index (χ4v) is 4.36. The summed E-state index contributed by atoms with van der Waals surface area (Å²) in [5, 5.41) is 14.0. The Bertz CT molecular complexity index is 1340. The van der Waals surface area contributed by atoms with Crippen molar-refractivity contribution in [3.8, 4) is 22.8 Å². The zero-order valence-electron chi connectivity index (χ0n) is 23.3. The maximum atomic E-state index is 12.4. The fourth-order valence-electron chi connectivity index (χ4n) is 3.35. The van der Waals surface area contributed by atoms with Crippen LogP contribution in [0.5, 0.6) is 11.5 Å². The van der Waals surface area contributed by atoms with Gasteiger partial charge in [-0.2, -0.15) is 0 Å². The molecular formula is C29H35NO8Si. The molecule has 1 N–H and O–H groups in total. The van der Waals surface area contributed by atoms with Crippen molar-refractivity contribution >= 4 is 26.3 Å². The normalized spacial score (nSPS) is 12.8. The van der Waals surface area contributed by atoms with Gasteiger partial charge in [-0.25, -0.2) is 9.59 Å². The minimum atomic E-state index is -2.12. The van der Waals surface area contributed by atoms with E-state index in [0.717, 1.165) is 11.1 Å². The third-order valence-electron chi connectivity index (χ3n) is 6.67. The summed E-state index contributed by atoms with van der Waals surface area (Å²) in [6, 6.07) is 13.6. The number of hydrogen-bond donors (Lipinski definition) is 1. The van der Waals surface area contributed by atoms with Crippen molar-refractivity contribution in [1.82, 2.24) is 5.16 Å². The lowest BCUT2D eigenvalue weighted by Crippen LogP contribution is -2.43. The van der Waals surface area contributed by atoms with Gasteiger partial charge >= 0.3 is 11.9 Å². The van der Waals surface area contributed by atoms with Gasteiger partial charge in [0, 0.05) is 11.6 Å². The Hall–Kier alpha value is -3.89. The van der Waals surface area contributed by atoms with Crippen LogP contribution in [0.25, 0.3) is 17.4 Å². The van der Waals surface area contributed by atoms with Gasteiger partial charge in [-0.3, -0.25) is 0 Å². The number of benzene rings is 2. The number of carbonyl (C=O) groups excluding carboxylic acids is 2. The monoisotopic (exact) mass is 553 g/mol. The highest BCUT2D eigenvalue weighted by Gasteiger charge is 2.37. The fraction of sp³-hybridized carbons (Fsp3) is 0.345. The predicted molar refractivity (Wildman–Crippen MR) is 149 cm³/mol. The first-order valence-corrected chi connectivity index (χ1v) is 15.3. The molecule has 3 aromatic rings. The number of phenolic OH excluding ortho intramolecular Hbond substituents is 1. The van der Waals surface area contributed by atoms with Crippen LogP contribution in [0.4, 0.5) is 0 Å². The molecule has 9 nitrogen and oxygen atoms in total. The molecule has 10 heteroatoms. The number of esters is 2. The first-order valence-electron chi connectivity index (χ1n) is 12.4. The zero-order chi connectivity index (χ0) is 28.8. The van der Waals surface area contributed by atoms with Gasteiger partial charge in [-0.1, -0.05) is 56.3 Å². The van der Waals surface area contributed by atoms with E-state index in [4.69, 9.17) is 18.4 Å². The highest BCUT2D eigenvalue weighted by atomic mass is 28.4. The van der Waals surface area contributed by atoms with Crippen molar-refractivity contribution in [3.05, 3.63) is 71.4 Å². The van der Waals surface area contributed by atoms with Gasteiger partial charge in [-0.05, 0) is 48.0 Å². The number of carbonyl (C=O) groups is 2. The molecule has 0 aliphatic heterocycles. The lowest BCUT2D eigenvalue weighted by atomic mass is 10.1. The second-order valence-corrected chi connectivity index (χ2v) is 15.2. The summed E-state index contributed by atoms with van der Waals surface area (Å²) in [4.78, 5) is 24.1. The smallest absolute Gasteiger partial charge is 0.360 e. The van der Waals surface area contributed by atoms with Crippen LogP contribution >= 0.6 is 0 Å². The highest BCUT2D eigenvalue weighted by Crippen LogP contribution is 2.37. The van der Waals surface area contributed by atoms with Crippen molar-refractivity contribution in [2.75, 3.05) is 20.8 Å². The summed E-state index contributed by atoms with van der Waals surface area (Å²) < 4.78 is 27.5. The molecule has 39 heavy (non-hydrogen) atoms. The quantitative estimate of drug-likeness (QED) is 0.235. The van der Waals surface area contributed by atoms with Crippen LogP contribution in [-0.2, 0) is 13.9 Å². The largest absolute Gasteiger partial charge is 0.507 e. The van der Waals surface area contributed by atoms with E-state index >= 15 is 0 Å². The summed E-state index contributed by atoms with van der Waals surface area (Å²) in [7, 11) is 0.399. The molecule has 2 aromatic carbocycles. The Labute approximate surface area is 229 Å². The van der Waals surface area contributed by atoms with Gasteiger partial charge < -0.3 is 28.3 Å². The Morgan fingerprint density at radius 3 is 2.41 bits per heavy atom. The second-order valence-electron chi connectivity index (χ2n) is 10.4. The van der Waals surface area contributed by atoms with E-state index < -0.39 is 26.4 Å². The van der Waals surface area contributed by atoms with E-state index in [0.29, 0.717) is 5.76 Å². The average molecular weight is 554 g/mol. The molecule has 0 saturated carbocycles. The van der Waals surface area contributed by atoms with Crippen molar-refractivity contribution in [1.29, 1.82) is 0 Å². The first-order chi connectivity index (χ1) is 18.4. The van der Waals surface area contributed by atoms with Crippen LogP contribution in [0, 0.1) is 0 Å². The minimum absolute atomic E-state index is 0.0160. The first kappa shape index (κ1) is 29.7. The molecule has 1 unspecified atom stereocenters. The van der Waals surface area contributed by atoms with Crippen LogP contribution in [0.1, 0.15) is 47.2 Å². The van der Waals surface area contributed by atoms with Crippen molar-refractivity contribution < 1.29 is 37.9 Å². The van der Waals surface area contributed by atoms with Gasteiger partial charge in [0.05, 0.1) is 20.8 Å². The molecule has 3 rings (SSSR count). The van der Waals surface area contributed by atoms with E-state index in [9.17, 15) is 14.7 Å². The zero-order valence-corrected chi connectivity index (χ0v) is 24.3. The molecule has 0 aliphatic rings. The molecule has 1 atom stereocenters. The second kappa shape index (κ2) is 12.3. The number of ether oxygens (including phenoxy) is 3. The Morgan fingerprint density at radius 2 is 1.74 bits per heavy atom. The maximum Gasteiger partial charge on any atom is 0.360 e. The van der Waals surface area contributed by atoms with E-state index in [1.54, 1.807) is 12.1 Å². The van der Waals surface area contributed by atoms with Crippen LogP contribution < -0.4 is 4.74 Å². The molecule has 0 amide bonds. The SMILES string of the molecule is COC(=O)c1cc(-c2cccc(C=CC(CO[Si](C)(C)C(C)(C)C)Oc3cccc(O)c3C(=O)OC)c2)on1. The predicted octanol–water partition coefficient (Wildman–Crippen LogP) is 6.10. The third kappa shape index (κ3) is 7.36. The van der Waals surface area contributed by atoms with Gasteiger partial charge in [0.25, 0.3) is 0 Å². The van der Waals surface area contributed by atoms with Crippen LogP contribution in [0.3, 0.4) is 0 Å². The van der Waals surface area contributed by atoms with Crippen molar-refractivity contribution in [2.24, 2.45) is 0 Å². The standard InChI is InChI=1S/C29H35NO8Si/c1-29(2,3)39(6,7)36-18-21(37-24-13-9-12-23(31)26(24)28(33)35-5)15-14-19-10-8-11-20(16-19)25-17-22(30-38-25)27(32)34-4/h8-17,21,31H,18H2,1-7H3. The summed E-state index contributed by atoms with van der Waals surface area (Å²) in [6.07, 6.45) is 3.10. The number of hydrogen-bond acceptors (Lipinski definition) is 9. The van der Waals surface area contributed by atoms with E-state index in [2.05, 4.69) is 43.8 Å². The van der Waals surface area contributed by atoms with Gasteiger partial charge in [0.15, 0.2) is 19.8 Å². The Morgan fingerprint density at radius 1 is 1.05 bits per heavy atom. The van der Waals surface area contributed by atoms with Crippen LogP contribution in [-0.4, -0.2) is 57.4 Å². The van der Waals surface area contributed by atoms with E-state index in [1.807, 2.05) is 36.4 Å². The van der Waals surface area contributed by atoms with Crippen molar-refractivity contribution in [3.63, 3.8) is 0 Å². The maximum absolute atomic E-state index is 12.4. The van der Waals surface area contributed by atoms with Crippen molar-refractivity contribution in [2.45, 2.75) is 45.0 Å². The molecule has 0 bridgehead atoms. The molecular weight excluding hydrogens is 518 g/mol. The number of phenols is 1. The van der Waals surface area contributed by atoms with Gasteiger partial charge in [-0.15, -0.1) is 0 Å². The summed E-state index contributed by atoms with van der Waals surface area (Å²) in [6.45, 7) is 11.0. The summed E-state index contributed by atoms with van der Waals surface area (Å²) in [5.41, 5.74) is 1.57. The van der Waals surface area contributed by atoms with E-state index in [1.165, 1.54) is 26.4 Å². The Balaban J connectivity index is 1.91. The lowest BCUT2D eigenvalue weighted by molar-refractivity contribution is 0.0579. The number of aromatic hydroxyl groups is 1. The topological polar surface area (TPSA) is 117 Å².